The molecule has 2 atom stereocenters. The van der Waals surface area contributed by atoms with Gasteiger partial charge < -0.3 is 9.54 Å². The van der Waals surface area contributed by atoms with E-state index in [9.17, 15) is 13.3 Å². The molecule has 2 aromatic carbocycles. The quantitative estimate of drug-likeness (QED) is 0.556. The first-order valence-corrected chi connectivity index (χ1v) is 10.4. The summed E-state index contributed by atoms with van der Waals surface area (Å²) in [5, 5.41) is 9.90. The molecule has 0 spiro atoms. The Bertz CT molecular complexity index is 1010. The third kappa shape index (κ3) is 4.27. The first-order chi connectivity index (χ1) is 12.9. The Kier molecular flexibility index (Phi) is 6.05. The van der Waals surface area contributed by atoms with Crippen molar-refractivity contribution in [3.05, 3.63) is 69.9 Å². The van der Waals surface area contributed by atoms with Crippen LogP contribution in [-0.2, 0) is 16.9 Å². The fourth-order valence-electron chi connectivity index (χ4n) is 3.38. The molecule has 0 amide bonds. The van der Waals surface area contributed by atoms with Crippen molar-refractivity contribution in [1.82, 2.24) is 4.98 Å². The molecule has 2 unspecified atom stereocenters. The first-order valence-electron chi connectivity index (χ1n) is 8.32. The molecule has 3 nitrogen and oxygen atoms in total. The van der Waals surface area contributed by atoms with Gasteiger partial charge in [0.15, 0.2) is 0 Å². The summed E-state index contributed by atoms with van der Waals surface area (Å²) in [5.41, 5.74) is 2.38. The van der Waals surface area contributed by atoms with Gasteiger partial charge in [-0.25, -0.2) is 8.78 Å². The maximum atomic E-state index is 14.6. The van der Waals surface area contributed by atoms with E-state index in [1.54, 1.807) is 24.6 Å². The number of aromatic nitrogens is 1. The highest BCUT2D eigenvalue weighted by Gasteiger charge is 2.23. The fourth-order valence-corrected chi connectivity index (χ4v) is 4.21. The van der Waals surface area contributed by atoms with Crippen molar-refractivity contribution in [3.8, 4) is 6.07 Å². The van der Waals surface area contributed by atoms with Gasteiger partial charge in [-0.3, -0.25) is 0 Å². The van der Waals surface area contributed by atoms with Crippen LogP contribution in [0, 0.1) is 23.0 Å². The van der Waals surface area contributed by atoms with E-state index in [1.165, 1.54) is 18.2 Å². The molecule has 27 heavy (non-hydrogen) atoms. The lowest BCUT2D eigenvalue weighted by atomic mass is 9.87. The number of nitriles is 1. The van der Waals surface area contributed by atoms with Gasteiger partial charge in [-0.05, 0) is 41.8 Å². The van der Waals surface area contributed by atoms with E-state index in [1.807, 2.05) is 0 Å². The predicted molar refractivity (Wildman–Crippen MR) is 104 cm³/mol. The predicted octanol–water partition coefficient (Wildman–Crippen LogP) is 5.41. The SMILES string of the molecule is C[S+]([O-])Cc1cc(F)cc2c(C(CCC#N)c3ccc(Cl)cc3F)c[nH]c12. The first kappa shape index (κ1) is 19.7. The van der Waals surface area contributed by atoms with Gasteiger partial charge >= 0.3 is 0 Å². The van der Waals surface area contributed by atoms with Crippen LogP contribution in [0.15, 0.2) is 36.5 Å². The highest BCUT2D eigenvalue weighted by Crippen LogP contribution is 2.37. The van der Waals surface area contributed by atoms with Crippen LogP contribution in [0.4, 0.5) is 8.78 Å². The molecular weight excluding hydrogens is 390 g/mol. The van der Waals surface area contributed by atoms with Gasteiger partial charge in [0.2, 0.25) is 0 Å². The number of H-pyrrole nitrogens is 1. The number of nitrogens with one attached hydrogen (secondary N) is 1. The molecule has 1 heterocycles. The summed E-state index contributed by atoms with van der Waals surface area (Å²) in [6, 6.07) is 9.26. The van der Waals surface area contributed by atoms with Gasteiger partial charge in [0.05, 0.1) is 17.8 Å². The van der Waals surface area contributed by atoms with Gasteiger partial charge in [-0.15, -0.1) is 0 Å². The minimum atomic E-state index is -1.13. The summed E-state index contributed by atoms with van der Waals surface area (Å²) in [5.74, 6) is -1.13. The van der Waals surface area contributed by atoms with Crippen molar-refractivity contribution in [1.29, 1.82) is 5.26 Å². The number of fused-ring (bicyclic) bond motifs is 1. The van der Waals surface area contributed by atoms with Gasteiger partial charge in [0.1, 0.15) is 17.4 Å². The third-order valence-electron chi connectivity index (χ3n) is 4.48. The number of rotatable bonds is 6. The Morgan fingerprint density at radius 1 is 1.26 bits per heavy atom. The average molecular weight is 407 g/mol. The number of halogens is 3. The molecule has 0 fully saturated rings. The van der Waals surface area contributed by atoms with Crippen LogP contribution in [-0.4, -0.2) is 15.8 Å². The standard InChI is InChI=1S/C20H17ClF2N2OS/c1-27(26)11-12-7-14(22)9-17-18(10-25-20(12)17)15(3-2-6-24)16-5-4-13(21)8-19(16)23/h4-5,7-10,15,25H,2-3,11H2,1H3. The van der Waals surface area contributed by atoms with Gasteiger partial charge in [0, 0.05) is 34.5 Å². The van der Waals surface area contributed by atoms with Crippen molar-refractivity contribution in [2.45, 2.75) is 24.5 Å². The molecule has 1 N–H and O–H groups in total. The van der Waals surface area contributed by atoms with Crippen LogP contribution in [0.2, 0.25) is 5.02 Å². The molecule has 1 aromatic heterocycles. The second kappa shape index (κ2) is 8.30. The van der Waals surface area contributed by atoms with E-state index < -0.39 is 28.7 Å². The maximum absolute atomic E-state index is 14.6. The second-order valence-corrected chi connectivity index (χ2v) is 8.24. The van der Waals surface area contributed by atoms with Crippen LogP contribution in [0.1, 0.15) is 35.4 Å². The van der Waals surface area contributed by atoms with E-state index in [4.69, 9.17) is 16.9 Å². The minimum absolute atomic E-state index is 0.215. The Morgan fingerprint density at radius 3 is 2.70 bits per heavy atom. The molecule has 0 aliphatic rings. The summed E-state index contributed by atoms with van der Waals surface area (Å²) >= 11 is 4.73. The summed E-state index contributed by atoms with van der Waals surface area (Å²) in [4.78, 5) is 3.11. The molecule has 0 saturated carbocycles. The Balaban J connectivity index is 2.16. The molecule has 0 radical (unpaired) electrons. The molecule has 0 aliphatic heterocycles. The Hall–Kier alpha value is -2.07. The lowest BCUT2D eigenvalue weighted by Crippen LogP contribution is -2.04. The van der Waals surface area contributed by atoms with Gasteiger partial charge in [0.25, 0.3) is 0 Å². The highest BCUT2D eigenvalue weighted by molar-refractivity contribution is 7.89. The van der Waals surface area contributed by atoms with E-state index in [2.05, 4.69) is 11.1 Å². The minimum Gasteiger partial charge on any atom is -0.616 e. The van der Waals surface area contributed by atoms with Crippen LogP contribution < -0.4 is 0 Å². The monoisotopic (exact) mass is 406 g/mol. The second-order valence-electron chi connectivity index (χ2n) is 6.36. The number of benzene rings is 2. The van der Waals surface area contributed by atoms with Crippen LogP contribution in [0.25, 0.3) is 10.9 Å². The van der Waals surface area contributed by atoms with E-state index in [0.29, 0.717) is 34.0 Å². The smallest absolute Gasteiger partial charge is 0.132 e. The van der Waals surface area contributed by atoms with Crippen molar-refractivity contribution in [3.63, 3.8) is 0 Å². The number of hydrogen-bond acceptors (Lipinski definition) is 2. The van der Waals surface area contributed by atoms with E-state index >= 15 is 0 Å². The molecule has 3 aromatic rings. The summed E-state index contributed by atoms with van der Waals surface area (Å²) in [6.45, 7) is 0. The normalized spacial score (nSPS) is 13.5. The molecule has 0 aliphatic carbocycles. The molecule has 0 saturated heterocycles. The third-order valence-corrected chi connectivity index (χ3v) is 5.44. The highest BCUT2D eigenvalue weighted by atomic mass is 35.5. The van der Waals surface area contributed by atoms with Crippen molar-refractivity contribution in [2.75, 3.05) is 6.26 Å². The van der Waals surface area contributed by atoms with Crippen molar-refractivity contribution < 1.29 is 13.3 Å². The zero-order chi connectivity index (χ0) is 19.6. The molecule has 3 rings (SSSR count). The maximum Gasteiger partial charge on any atom is 0.132 e. The largest absolute Gasteiger partial charge is 0.616 e. The van der Waals surface area contributed by atoms with Gasteiger partial charge in [-0.2, -0.15) is 5.26 Å². The van der Waals surface area contributed by atoms with Crippen LogP contribution in [0.5, 0.6) is 0 Å². The van der Waals surface area contributed by atoms with E-state index in [0.717, 1.165) is 0 Å². The number of nitrogens with zero attached hydrogens (tertiary/aromatic N) is 1. The Morgan fingerprint density at radius 2 is 2.04 bits per heavy atom. The van der Waals surface area contributed by atoms with Crippen LogP contribution in [0.3, 0.4) is 0 Å². The summed E-state index contributed by atoms with van der Waals surface area (Å²) < 4.78 is 40.4. The fraction of sp³-hybridized carbons (Fsp3) is 0.250. The zero-order valence-electron chi connectivity index (χ0n) is 14.6. The number of hydrogen-bond donors (Lipinski definition) is 1. The molecular formula is C20H17ClF2N2OS. The average Bonchev–Trinajstić information content (AvgIpc) is 3.00. The zero-order valence-corrected chi connectivity index (χ0v) is 16.1. The van der Waals surface area contributed by atoms with E-state index in [-0.39, 0.29) is 17.2 Å². The lowest BCUT2D eigenvalue weighted by Gasteiger charge is -2.17. The number of aromatic amines is 1. The summed E-state index contributed by atoms with van der Waals surface area (Å²) in [6.07, 6.45) is 3.87. The van der Waals surface area contributed by atoms with Crippen LogP contribution >= 0.6 is 11.6 Å². The van der Waals surface area contributed by atoms with Gasteiger partial charge in [-0.1, -0.05) is 28.8 Å². The molecule has 0 bridgehead atoms. The Labute approximate surface area is 164 Å². The van der Waals surface area contributed by atoms with Crippen molar-refractivity contribution >= 4 is 33.7 Å². The molecule has 7 heteroatoms. The summed E-state index contributed by atoms with van der Waals surface area (Å²) in [7, 11) is 0. The van der Waals surface area contributed by atoms with Crippen molar-refractivity contribution in [2.24, 2.45) is 0 Å². The molecule has 140 valence electrons. The topological polar surface area (TPSA) is 62.6 Å². The lowest BCUT2D eigenvalue weighted by molar-refractivity contribution is 0.588.